The van der Waals surface area contributed by atoms with Crippen molar-refractivity contribution in [3.63, 3.8) is 0 Å². The zero-order valence-electron chi connectivity index (χ0n) is 9.92. The molecule has 1 aliphatic heterocycles. The normalized spacial score (nSPS) is 17.7. The molecule has 0 saturated carbocycles. The van der Waals surface area contributed by atoms with E-state index in [1.807, 2.05) is 26.0 Å². The van der Waals surface area contributed by atoms with Crippen LogP contribution >= 0.6 is 0 Å². The Bertz CT molecular complexity index is 374. The molecule has 88 valence electrons. The van der Waals surface area contributed by atoms with Gasteiger partial charge in [-0.1, -0.05) is 13.0 Å². The lowest BCUT2D eigenvalue weighted by molar-refractivity contribution is 0.0575. The van der Waals surface area contributed by atoms with Crippen molar-refractivity contribution in [2.45, 2.75) is 25.9 Å². The predicted molar refractivity (Wildman–Crippen MR) is 63.8 cm³/mol. The van der Waals surface area contributed by atoms with E-state index >= 15 is 0 Å². The van der Waals surface area contributed by atoms with Crippen molar-refractivity contribution >= 4 is 0 Å². The zero-order valence-corrected chi connectivity index (χ0v) is 9.92. The summed E-state index contributed by atoms with van der Waals surface area (Å²) < 4.78 is 5.45. The molecule has 0 bridgehead atoms. The molecule has 3 heteroatoms. The van der Waals surface area contributed by atoms with Crippen LogP contribution in [0.2, 0.25) is 0 Å². The monoisotopic (exact) mass is 221 g/mol. The Morgan fingerprint density at radius 3 is 3.06 bits per heavy atom. The SMILES string of the molecule is CCNCC(C)(O)c1ccc2c(c1)CCO2. The molecule has 1 heterocycles. The highest BCUT2D eigenvalue weighted by atomic mass is 16.5. The van der Waals surface area contributed by atoms with Crippen LogP contribution < -0.4 is 10.1 Å². The van der Waals surface area contributed by atoms with Crippen LogP contribution in [0, 0.1) is 0 Å². The van der Waals surface area contributed by atoms with Gasteiger partial charge in [0.15, 0.2) is 0 Å². The molecule has 1 unspecified atom stereocenters. The van der Waals surface area contributed by atoms with Gasteiger partial charge in [-0.05, 0) is 36.7 Å². The third kappa shape index (κ3) is 2.20. The Hall–Kier alpha value is -1.06. The van der Waals surface area contributed by atoms with E-state index in [2.05, 4.69) is 11.4 Å². The van der Waals surface area contributed by atoms with Gasteiger partial charge >= 0.3 is 0 Å². The standard InChI is InChI=1S/C13H19NO2/c1-3-14-9-13(2,15)11-4-5-12-10(8-11)6-7-16-12/h4-5,8,14-15H,3,6-7,9H2,1-2H3. The van der Waals surface area contributed by atoms with Crippen LogP contribution in [0.1, 0.15) is 25.0 Å². The van der Waals surface area contributed by atoms with Gasteiger partial charge in [0.25, 0.3) is 0 Å². The minimum absolute atomic E-state index is 0.573. The first-order valence-electron chi connectivity index (χ1n) is 5.83. The number of likely N-dealkylation sites (N-methyl/N-ethyl adjacent to an activating group) is 1. The Morgan fingerprint density at radius 1 is 1.50 bits per heavy atom. The van der Waals surface area contributed by atoms with Crippen LogP contribution in [-0.4, -0.2) is 24.8 Å². The number of hydrogen-bond acceptors (Lipinski definition) is 3. The minimum Gasteiger partial charge on any atom is -0.493 e. The smallest absolute Gasteiger partial charge is 0.122 e. The van der Waals surface area contributed by atoms with Crippen LogP contribution in [-0.2, 0) is 12.0 Å². The number of hydrogen-bond donors (Lipinski definition) is 2. The lowest BCUT2D eigenvalue weighted by Crippen LogP contribution is -2.35. The maximum Gasteiger partial charge on any atom is 0.122 e. The largest absolute Gasteiger partial charge is 0.493 e. The lowest BCUT2D eigenvalue weighted by Gasteiger charge is -2.24. The molecule has 0 aromatic heterocycles. The molecule has 0 aliphatic carbocycles. The van der Waals surface area contributed by atoms with Gasteiger partial charge in [-0.25, -0.2) is 0 Å². The Labute approximate surface area is 96.4 Å². The van der Waals surface area contributed by atoms with Crippen molar-refractivity contribution < 1.29 is 9.84 Å². The molecule has 0 radical (unpaired) electrons. The number of rotatable bonds is 4. The van der Waals surface area contributed by atoms with E-state index in [1.165, 1.54) is 5.56 Å². The van der Waals surface area contributed by atoms with E-state index < -0.39 is 5.60 Å². The summed E-state index contributed by atoms with van der Waals surface area (Å²) in [5.74, 6) is 0.961. The van der Waals surface area contributed by atoms with Crippen molar-refractivity contribution in [3.05, 3.63) is 29.3 Å². The summed E-state index contributed by atoms with van der Waals surface area (Å²) in [4.78, 5) is 0. The summed E-state index contributed by atoms with van der Waals surface area (Å²) in [6.07, 6.45) is 0.945. The van der Waals surface area contributed by atoms with Crippen LogP contribution in [0.3, 0.4) is 0 Å². The second-order valence-corrected chi connectivity index (χ2v) is 4.48. The van der Waals surface area contributed by atoms with Crippen molar-refractivity contribution in [2.24, 2.45) is 0 Å². The number of benzene rings is 1. The third-order valence-corrected chi connectivity index (χ3v) is 3.03. The minimum atomic E-state index is -0.812. The average Bonchev–Trinajstić information content (AvgIpc) is 2.73. The number of fused-ring (bicyclic) bond motifs is 1. The predicted octanol–water partition coefficient (Wildman–Crippen LogP) is 1.44. The number of nitrogens with one attached hydrogen (secondary N) is 1. The van der Waals surface area contributed by atoms with Crippen LogP contribution in [0.25, 0.3) is 0 Å². The van der Waals surface area contributed by atoms with Gasteiger partial charge in [-0.15, -0.1) is 0 Å². The summed E-state index contributed by atoms with van der Waals surface area (Å²) in [5, 5.41) is 13.5. The van der Waals surface area contributed by atoms with Gasteiger partial charge in [-0.2, -0.15) is 0 Å². The Balaban J connectivity index is 2.20. The van der Waals surface area contributed by atoms with E-state index in [9.17, 15) is 5.11 Å². The molecule has 1 atom stereocenters. The van der Waals surface area contributed by atoms with Crippen molar-refractivity contribution in [3.8, 4) is 5.75 Å². The van der Waals surface area contributed by atoms with Crippen LogP contribution in [0.5, 0.6) is 5.75 Å². The van der Waals surface area contributed by atoms with E-state index in [0.29, 0.717) is 6.54 Å². The van der Waals surface area contributed by atoms with E-state index in [4.69, 9.17) is 4.74 Å². The Kier molecular flexibility index (Phi) is 3.17. The van der Waals surface area contributed by atoms with Crippen molar-refractivity contribution in [1.29, 1.82) is 0 Å². The maximum absolute atomic E-state index is 10.3. The van der Waals surface area contributed by atoms with Gasteiger partial charge in [0.2, 0.25) is 0 Å². The first-order valence-corrected chi connectivity index (χ1v) is 5.83. The van der Waals surface area contributed by atoms with Crippen molar-refractivity contribution in [1.82, 2.24) is 5.32 Å². The molecule has 3 nitrogen and oxygen atoms in total. The molecule has 16 heavy (non-hydrogen) atoms. The van der Waals surface area contributed by atoms with Gasteiger partial charge < -0.3 is 15.2 Å². The third-order valence-electron chi connectivity index (χ3n) is 3.03. The fourth-order valence-corrected chi connectivity index (χ4v) is 1.99. The fourth-order valence-electron chi connectivity index (χ4n) is 1.99. The second kappa shape index (κ2) is 4.44. The van der Waals surface area contributed by atoms with E-state index in [1.54, 1.807) is 0 Å². The molecule has 1 aromatic rings. The van der Waals surface area contributed by atoms with Gasteiger partial charge in [0, 0.05) is 13.0 Å². The first-order chi connectivity index (χ1) is 7.63. The quantitative estimate of drug-likeness (QED) is 0.808. The van der Waals surface area contributed by atoms with Crippen molar-refractivity contribution in [2.75, 3.05) is 19.7 Å². The van der Waals surface area contributed by atoms with Gasteiger partial charge in [0.1, 0.15) is 5.75 Å². The summed E-state index contributed by atoms with van der Waals surface area (Å²) in [5.41, 5.74) is 1.35. The number of ether oxygens (including phenoxy) is 1. The lowest BCUT2D eigenvalue weighted by atomic mass is 9.94. The first kappa shape index (κ1) is 11.4. The summed E-state index contributed by atoms with van der Waals surface area (Å²) in [6, 6.07) is 5.96. The summed E-state index contributed by atoms with van der Waals surface area (Å²) in [6.45, 7) is 6.07. The molecule has 2 rings (SSSR count). The molecule has 0 spiro atoms. The molecule has 0 fully saturated rings. The fraction of sp³-hybridized carbons (Fsp3) is 0.538. The van der Waals surface area contributed by atoms with E-state index in [0.717, 1.165) is 30.9 Å². The average molecular weight is 221 g/mol. The highest BCUT2D eigenvalue weighted by Crippen LogP contribution is 2.30. The molecular formula is C13H19NO2. The molecule has 2 N–H and O–H groups in total. The molecule has 0 amide bonds. The topological polar surface area (TPSA) is 41.5 Å². The zero-order chi connectivity index (χ0) is 11.6. The second-order valence-electron chi connectivity index (χ2n) is 4.48. The Morgan fingerprint density at radius 2 is 2.31 bits per heavy atom. The van der Waals surface area contributed by atoms with Gasteiger partial charge in [0.05, 0.1) is 12.2 Å². The molecule has 1 aromatic carbocycles. The highest BCUT2D eigenvalue weighted by Gasteiger charge is 2.24. The number of aliphatic hydroxyl groups is 1. The summed E-state index contributed by atoms with van der Waals surface area (Å²) >= 11 is 0. The van der Waals surface area contributed by atoms with E-state index in [-0.39, 0.29) is 0 Å². The maximum atomic E-state index is 10.3. The highest BCUT2D eigenvalue weighted by molar-refractivity contribution is 5.41. The van der Waals surface area contributed by atoms with Crippen LogP contribution in [0.15, 0.2) is 18.2 Å². The molecule has 0 saturated heterocycles. The molecular weight excluding hydrogens is 202 g/mol. The van der Waals surface area contributed by atoms with Crippen LogP contribution in [0.4, 0.5) is 0 Å². The summed E-state index contributed by atoms with van der Waals surface area (Å²) in [7, 11) is 0. The molecule has 1 aliphatic rings. The van der Waals surface area contributed by atoms with Gasteiger partial charge in [-0.3, -0.25) is 0 Å².